The highest BCUT2D eigenvalue weighted by atomic mass is 32.1. The summed E-state index contributed by atoms with van der Waals surface area (Å²) >= 11 is 4.35. The molecule has 0 saturated heterocycles. The third kappa shape index (κ3) is 2.61. The molecular formula is C16H15N3O4S. The Morgan fingerprint density at radius 2 is 1.83 bits per heavy atom. The number of nitrogens with zero attached hydrogens (tertiary/aromatic N) is 3. The van der Waals surface area contributed by atoms with Gasteiger partial charge in [-0.05, 0) is 24.3 Å². The van der Waals surface area contributed by atoms with Gasteiger partial charge in [0, 0.05) is 6.07 Å². The van der Waals surface area contributed by atoms with Crippen molar-refractivity contribution >= 4 is 12.6 Å². The molecule has 0 atom stereocenters. The van der Waals surface area contributed by atoms with E-state index in [4.69, 9.17) is 9.47 Å². The number of rotatable bonds is 4. The number of phenolic OH excluding ortho intramolecular Hbond substituents is 2. The number of aromatic hydroxyl groups is 2. The maximum absolute atomic E-state index is 10.1. The Kier molecular flexibility index (Phi) is 4.22. The lowest BCUT2D eigenvalue weighted by Crippen LogP contribution is -2.03. The van der Waals surface area contributed by atoms with Crippen LogP contribution < -0.4 is 9.47 Å². The van der Waals surface area contributed by atoms with E-state index < -0.39 is 0 Å². The molecule has 2 aromatic carbocycles. The molecule has 1 heterocycles. The first-order valence-corrected chi connectivity index (χ1v) is 7.39. The first kappa shape index (κ1) is 16.0. The van der Waals surface area contributed by atoms with Crippen molar-refractivity contribution in [1.29, 1.82) is 0 Å². The zero-order chi connectivity index (χ0) is 17.3. The van der Waals surface area contributed by atoms with Gasteiger partial charge < -0.3 is 19.7 Å². The van der Waals surface area contributed by atoms with Gasteiger partial charge >= 0.3 is 0 Å². The lowest BCUT2D eigenvalue weighted by Gasteiger charge is -2.15. The van der Waals surface area contributed by atoms with E-state index in [0.29, 0.717) is 33.7 Å². The number of thiol groups is 1. The fraction of sp³-hybridized carbons (Fsp3) is 0.125. The monoisotopic (exact) mass is 345 g/mol. The average molecular weight is 345 g/mol. The van der Waals surface area contributed by atoms with Crippen molar-refractivity contribution in [3.8, 4) is 40.1 Å². The summed E-state index contributed by atoms with van der Waals surface area (Å²) in [4.78, 5) is 0. The van der Waals surface area contributed by atoms with Gasteiger partial charge in [-0.3, -0.25) is 4.57 Å². The van der Waals surface area contributed by atoms with E-state index in [1.807, 2.05) is 0 Å². The lowest BCUT2D eigenvalue weighted by molar-refractivity contribution is 0.353. The Balaban J connectivity index is 2.26. The van der Waals surface area contributed by atoms with Gasteiger partial charge in [0.05, 0.1) is 25.5 Å². The van der Waals surface area contributed by atoms with E-state index in [9.17, 15) is 10.2 Å². The van der Waals surface area contributed by atoms with Gasteiger partial charge in [0.15, 0.2) is 22.5 Å². The highest BCUT2D eigenvalue weighted by Gasteiger charge is 2.21. The number of hydrogen-bond donors (Lipinski definition) is 3. The topological polar surface area (TPSA) is 89.6 Å². The van der Waals surface area contributed by atoms with Crippen LogP contribution in [0.4, 0.5) is 0 Å². The van der Waals surface area contributed by atoms with Crippen molar-refractivity contribution in [1.82, 2.24) is 14.8 Å². The minimum absolute atomic E-state index is 0.0487. The Bertz CT molecular complexity index is 895. The molecule has 0 fully saturated rings. The third-order valence-electron chi connectivity index (χ3n) is 3.49. The molecule has 124 valence electrons. The van der Waals surface area contributed by atoms with Crippen LogP contribution in [0.15, 0.2) is 41.6 Å². The van der Waals surface area contributed by atoms with Crippen molar-refractivity contribution in [2.45, 2.75) is 5.16 Å². The van der Waals surface area contributed by atoms with Crippen LogP contribution in [0.1, 0.15) is 0 Å². The number of phenols is 2. The fourth-order valence-corrected chi connectivity index (χ4v) is 2.67. The second-order valence-electron chi connectivity index (χ2n) is 4.87. The average Bonchev–Trinajstić information content (AvgIpc) is 2.95. The molecule has 0 aliphatic rings. The van der Waals surface area contributed by atoms with Crippen molar-refractivity contribution in [3.63, 3.8) is 0 Å². The molecule has 0 aliphatic heterocycles. The molecule has 24 heavy (non-hydrogen) atoms. The van der Waals surface area contributed by atoms with Gasteiger partial charge in [0.25, 0.3) is 0 Å². The normalized spacial score (nSPS) is 10.6. The molecule has 0 aliphatic carbocycles. The quantitative estimate of drug-likeness (QED) is 0.630. The summed E-state index contributed by atoms with van der Waals surface area (Å²) in [5, 5.41) is 28.0. The van der Waals surface area contributed by atoms with Gasteiger partial charge in [0.2, 0.25) is 0 Å². The minimum atomic E-state index is -0.126. The van der Waals surface area contributed by atoms with Crippen LogP contribution in [0.3, 0.4) is 0 Å². The zero-order valence-electron chi connectivity index (χ0n) is 13.0. The van der Waals surface area contributed by atoms with E-state index >= 15 is 0 Å². The molecule has 0 radical (unpaired) electrons. The van der Waals surface area contributed by atoms with Crippen LogP contribution in [0, 0.1) is 0 Å². The smallest absolute Gasteiger partial charge is 0.193 e. The predicted molar refractivity (Wildman–Crippen MR) is 90.5 cm³/mol. The molecule has 0 unspecified atom stereocenters. The minimum Gasteiger partial charge on any atom is -0.508 e. The first-order chi connectivity index (χ1) is 11.6. The molecule has 0 bridgehead atoms. The third-order valence-corrected chi connectivity index (χ3v) is 3.78. The summed E-state index contributed by atoms with van der Waals surface area (Å²) in [5.41, 5.74) is 1.000. The summed E-state index contributed by atoms with van der Waals surface area (Å²) < 4.78 is 12.4. The maximum atomic E-state index is 10.1. The second-order valence-corrected chi connectivity index (χ2v) is 5.27. The van der Waals surface area contributed by atoms with E-state index in [-0.39, 0.29) is 11.5 Å². The molecule has 0 amide bonds. The van der Waals surface area contributed by atoms with Crippen molar-refractivity contribution in [2.24, 2.45) is 0 Å². The number of para-hydroxylation sites is 1. The number of hydrogen-bond acceptors (Lipinski definition) is 7. The Labute approximate surface area is 143 Å². The Morgan fingerprint density at radius 3 is 2.50 bits per heavy atom. The van der Waals surface area contributed by atoms with Crippen LogP contribution in [-0.4, -0.2) is 39.2 Å². The molecule has 7 nitrogen and oxygen atoms in total. The number of benzene rings is 2. The molecule has 3 rings (SSSR count). The van der Waals surface area contributed by atoms with Crippen molar-refractivity contribution < 1.29 is 19.7 Å². The van der Waals surface area contributed by atoms with Crippen LogP contribution in [0.5, 0.6) is 23.0 Å². The van der Waals surface area contributed by atoms with Crippen LogP contribution in [-0.2, 0) is 0 Å². The van der Waals surface area contributed by atoms with Crippen molar-refractivity contribution in [3.05, 3.63) is 36.4 Å². The summed E-state index contributed by atoms with van der Waals surface area (Å²) in [5.74, 6) is 1.20. The lowest BCUT2D eigenvalue weighted by atomic mass is 10.1. The van der Waals surface area contributed by atoms with Gasteiger partial charge in [0.1, 0.15) is 11.5 Å². The van der Waals surface area contributed by atoms with Gasteiger partial charge in [-0.15, -0.1) is 22.8 Å². The van der Waals surface area contributed by atoms with Crippen LogP contribution in [0.2, 0.25) is 0 Å². The zero-order valence-corrected chi connectivity index (χ0v) is 13.9. The van der Waals surface area contributed by atoms with E-state index in [0.717, 1.165) is 0 Å². The molecule has 0 saturated carbocycles. The Morgan fingerprint density at radius 1 is 1.04 bits per heavy atom. The van der Waals surface area contributed by atoms with E-state index in [1.165, 1.54) is 19.2 Å². The maximum Gasteiger partial charge on any atom is 0.193 e. The summed E-state index contributed by atoms with van der Waals surface area (Å²) in [6.07, 6.45) is 0. The van der Waals surface area contributed by atoms with E-state index in [1.54, 1.807) is 35.9 Å². The molecule has 0 spiro atoms. The highest BCUT2D eigenvalue weighted by molar-refractivity contribution is 7.80. The van der Waals surface area contributed by atoms with E-state index in [2.05, 4.69) is 22.8 Å². The van der Waals surface area contributed by atoms with Crippen LogP contribution >= 0.6 is 12.6 Å². The Hall–Kier alpha value is -2.87. The molecule has 3 aromatic rings. The molecule has 2 N–H and O–H groups in total. The number of methoxy groups -OCH3 is 2. The number of aromatic nitrogens is 3. The predicted octanol–water partition coefficient (Wildman–Crippen LogP) is 2.65. The molecule has 1 aromatic heterocycles. The van der Waals surface area contributed by atoms with Crippen LogP contribution in [0.25, 0.3) is 17.1 Å². The number of ether oxygens (including phenoxy) is 2. The molecular weight excluding hydrogens is 330 g/mol. The second kappa shape index (κ2) is 6.32. The standard InChI is InChI=1S/C16H15N3O4S/c1-22-13-5-3-4-11(14(13)23-2)19-15(17-18-16(19)24)10-7-6-9(20)8-12(10)21/h3-8,20-21H,1-2H3,(H,18,24). The van der Waals surface area contributed by atoms with Crippen molar-refractivity contribution in [2.75, 3.05) is 14.2 Å². The van der Waals surface area contributed by atoms with Gasteiger partial charge in [-0.1, -0.05) is 6.07 Å². The largest absolute Gasteiger partial charge is 0.508 e. The fourth-order valence-electron chi connectivity index (χ4n) is 2.43. The summed E-state index contributed by atoms with van der Waals surface area (Å²) in [7, 11) is 3.07. The van der Waals surface area contributed by atoms with Gasteiger partial charge in [-0.25, -0.2) is 0 Å². The SMILES string of the molecule is COc1cccc(-n2c(S)nnc2-c2ccc(O)cc2O)c1OC. The summed E-state index contributed by atoms with van der Waals surface area (Å²) in [6.45, 7) is 0. The summed E-state index contributed by atoms with van der Waals surface area (Å²) in [6, 6.07) is 9.59. The highest BCUT2D eigenvalue weighted by Crippen LogP contribution is 2.38. The first-order valence-electron chi connectivity index (χ1n) is 6.95. The molecule has 8 heteroatoms. The van der Waals surface area contributed by atoms with Gasteiger partial charge in [-0.2, -0.15) is 0 Å².